The Hall–Kier alpha value is -3.36. The van der Waals surface area contributed by atoms with Crippen LogP contribution in [0.15, 0.2) is 53.6 Å². The third kappa shape index (κ3) is 5.84. The fourth-order valence-corrected chi connectivity index (χ4v) is 4.29. The van der Waals surface area contributed by atoms with Crippen molar-refractivity contribution in [2.24, 2.45) is 5.11 Å². The number of esters is 2. The normalized spacial score (nSPS) is 19.7. The molecule has 1 heterocycles. The van der Waals surface area contributed by atoms with Crippen LogP contribution in [0, 0.1) is 0 Å². The van der Waals surface area contributed by atoms with Gasteiger partial charge in [-0.15, -0.1) is 11.8 Å². The van der Waals surface area contributed by atoms with E-state index < -0.39 is 23.4 Å². The molecule has 3 rings (SSSR count). The minimum Gasteiger partial charge on any atom is -0.497 e. The molecule has 0 aliphatic carbocycles. The first-order valence-corrected chi connectivity index (χ1v) is 10.3. The average Bonchev–Trinajstić information content (AvgIpc) is 3.18. The van der Waals surface area contributed by atoms with Crippen LogP contribution in [-0.4, -0.2) is 49.5 Å². The minimum atomic E-state index is -0.571. The number of carbonyl (C=O) groups is 2. The highest BCUT2D eigenvalue weighted by atomic mass is 32.2. The minimum absolute atomic E-state index is 0.00748. The third-order valence-corrected chi connectivity index (χ3v) is 6.04. The van der Waals surface area contributed by atoms with Gasteiger partial charge in [-0.1, -0.05) is 5.11 Å². The van der Waals surface area contributed by atoms with Crippen molar-refractivity contribution in [3.8, 4) is 11.5 Å². The average molecular weight is 443 g/mol. The van der Waals surface area contributed by atoms with Crippen molar-refractivity contribution in [2.75, 3.05) is 20.8 Å². The van der Waals surface area contributed by atoms with Crippen LogP contribution < -0.4 is 9.47 Å². The summed E-state index contributed by atoms with van der Waals surface area (Å²) in [5.41, 5.74) is 9.49. The lowest BCUT2D eigenvalue weighted by atomic mass is 10.1. The Bertz CT molecular complexity index is 960. The molecule has 0 saturated carbocycles. The molecule has 1 unspecified atom stereocenters. The molecule has 1 aliphatic heterocycles. The van der Waals surface area contributed by atoms with Crippen LogP contribution in [-0.2, 0) is 9.47 Å². The molecule has 1 aliphatic rings. The van der Waals surface area contributed by atoms with E-state index in [4.69, 9.17) is 24.5 Å². The molecule has 0 spiro atoms. The van der Waals surface area contributed by atoms with E-state index in [0.29, 0.717) is 29.0 Å². The molecule has 0 amide bonds. The largest absolute Gasteiger partial charge is 0.497 e. The molecule has 0 bridgehead atoms. The zero-order chi connectivity index (χ0) is 22.2. The van der Waals surface area contributed by atoms with Gasteiger partial charge < -0.3 is 18.9 Å². The van der Waals surface area contributed by atoms with Gasteiger partial charge in [0.05, 0.1) is 36.0 Å². The number of thioether (sulfide) groups is 1. The van der Waals surface area contributed by atoms with E-state index in [2.05, 4.69) is 10.0 Å². The van der Waals surface area contributed by atoms with Crippen LogP contribution in [0.2, 0.25) is 0 Å². The van der Waals surface area contributed by atoms with Crippen molar-refractivity contribution < 1.29 is 28.5 Å². The summed E-state index contributed by atoms with van der Waals surface area (Å²) in [6.45, 7) is 0.00748. The van der Waals surface area contributed by atoms with Crippen molar-refractivity contribution in [1.82, 2.24) is 0 Å². The van der Waals surface area contributed by atoms with E-state index in [1.54, 1.807) is 48.5 Å². The Morgan fingerprint density at radius 2 is 1.55 bits per heavy atom. The van der Waals surface area contributed by atoms with Crippen LogP contribution in [0.25, 0.3) is 10.4 Å². The quantitative estimate of drug-likeness (QED) is 0.259. The molecular weight excluding hydrogens is 422 g/mol. The van der Waals surface area contributed by atoms with Crippen LogP contribution in [0.4, 0.5) is 0 Å². The molecule has 0 radical (unpaired) electrons. The second-order valence-electron chi connectivity index (χ2n) is 6.57. The van der Waals surface area contributed by atoms with Gasteiger partial charge in [0.25, 0.3) is 0 Å². The number of hydrogen-bond donors (Lipinski definition) is 0. The van der Waals surface area contributed by atoms with Crippen molar-refractivity contribution in [2.45, 2.75) is 23.1 Å². The monoisotopic (exact) mass is 443 g/mol. The molecule has 31 heavy (non-hydrogen) atoms. The number of carbonyl (C=O) groups excluding carboxylic acids is 2. The summed E-state index contributed by atoms with van der Waals surface area (Å²) in [7, 11) is 3.08. The van der Waals surface area contributed by atoms with E-state index >= 15 is 0 Å². The lowest BCUT2D eigenvalue weighted by Gasteiger charge is -2.19. The van der Waals surface area contributed by atoms with Gasteiger partial charge in [-0.2, -0.15) is 0 Å². The maximum Gasteiger partial charge on any atom is 0.338 e. The van der Waals surface area contributed by atoms with Gasteiger partial charge in [0.2, 0.25) is 0 Å². The van der Waals surface area contributed by atoms with E-state index in [1.807, 2.05) is 0 Å². The van der Waals surface area contributed by atoms with Crippen molar-refractivity contribution in [3.63, 3.8) is 0 Å². The Labute approximate surface area is 183 Å². The van der Waals surface area contributed by atoms with Gasteiger partial charge in [0.15, 0.2) is 0 Å². The first kappa shape index (κ1) is 22.3. The van der Waals surface area contributed by atoms with E-state index in [0.717, 1.165) is 0 Å². The first-order valence-electron chi connectivity index (χ1n) is 9.40. The number of rotatable bonds is 8. The van der Waals surface area contributed by atoms with Crippen LogP contribution in [0.3, 0.4) is 0 Å². The van der Waals surface area contributed by atoms with Gasteiger partial charge in [-0.25, -0.2) is 9.59 Å². The summed E-state index contributed by atoms with van der Waals surface area (Å²) >= 11 is 1.31. The van der Waals surface area contributed by atoms with Gasteiger partial charge in [0, 0.05) is 11.3 Å². The molecule has 1 fully saturated rings. The van der Waals surface area contributed by atoms with Crippen molar-refractivity contribution in [3.05, 3.63) is 70.1 Å². The number of methoxy groups -OCH3 is 2. The van der Waals surface area contributed by atoms with Crippen LogP contribution in [0.5, 0.6) is 11.5 Å². The summed E-state index contributed by atoms with van der Waals surface area (Å²) in [5, 5.41) is 2.94. The van der Waals surface area contributed by atoms with Crippen molar-refractivity contribution in [1.29, 1.82) is 0 Å². The van der Waals surface area contributed by atoms with Gasteiger partial charge >= 0.3 is 11.9 Å². The zero-order valence-electron chi connectivity index (χ0n) is 17.0. The molecule has 2 aromatic rings. The molecule has 10 heteroatoms. The summed E-state index contributed by atoms with van der Waals surface area (Å²) in [4.78, 5) is 27.7. The fraction of sp³-hybridized carbons (Fsp3) is 0.333. The summed E-state index contributed by atoms with van der Waals surface area (Å²) in [6.07, 6.45) is -0.236. The SMILES string of the molecule is COc1ccc(C(=O)OC[C@H]2SC(N=[N+]=[N-])C[C@@H]2OC(=O)c2ccc(OC)cc2)cc1. The van der Waals surface area contributed by atoms with E-state index in [9.17, 15) is 9.59 Å². The Morgan fingerprint density at radius 1 is 1.00 bits per heavy atom. The predicted octanol–water partition coefficient (Wildman–Crippen LogP) is 4.23. The fourth-order valence-electron chi connectivity index (χ4n) is 3.00. The highest BCUT2D eigenvalue weighted by Crippen LogP contribution is 2.37. The topological polar surface area (TPSA) is 120 Å². The third-order valence-electron chi connectivity index (χ3n) is 4.65. The van der Waals surface area contributed by atoms with E-state index in [1.165, 1.54) is 26.0 Å². The second kappa shape index (κ2) is 10.6. The number of nitrogens with zero attached hydrogens (tertiary/aromatic N) is 3. The van der Waals surface area contributed by atoms with E-state index in [-0.39, 0.29) is 11.9 Å². The Morgan fingerprint density at radius 3 is 2.06 bits per heavy atom. The molecule has 162 valence electrons. The van der Waals surface area contributed by atoms with Gasteiger partial charge in [-0.3, -0.25) is 0 Å². The molecule has 2 aromatic carbocycles. The molecule has 3 atom stereocenters. The number of azide groups is 1. The predicted molar refractivity (Wildman–Crippen MR) is 114 cm³/mol. The molecular formula is C21H21N3O6S. The standard InChI is InChI=1S/C21H21N3O6S/c1-27-15-7-3-13(4-8-15)20(25)29-12-18-17(11-19(31-18)23-24-22)30-21(26)14-5-9-16(28-2)10-6-14/h3-10,17-19H,11-12H2,1-2H3/t17-,18+,19?/m0/s1. The highest BCUT2D eigenvalue weighted by Gasteiger charge is 2.38. The Kier molecular flexibility index (Phi) is 7.64. The lowest BCUT2D eigenvalue weighted by molar-refractivity contribution is 0.0213. The molecule has 9 nitrogen and oxygen atoms in total. The summed E-state index contributed by atoms with van der Waals surface area (Å²) in [5.74, 6) is 0.238. The molecule has 1 saturated heterocycles. The maximum absolute atomic E-state index is 12.5. The maximum atomic E-state index is 12.5. The van der Waals surface area contributed by atoms with Gasteiger partial charge in [0.1, 0.15) is 24.2 Å². The van der Waals surface area contributed by atoms with Crippen molar-refractivity contribution >= 4 is 23.7 Å². The zero-order valence-corrected chi connectivity index (χ0v) is 17.8. The molecule has 0 N–H and O–H groups in total. The number of ether oxygens (including phenoxy) is 4. The lowest BCUT2D eigenvalue weighted by Crippen LogP contribution is -2.29. The second-order valence-corrected chi connectivity index (χ2v) is 7.99. The summed E-state index contributed by atoms with van der Waals surface area (Å²) in [6, 6.07) is 13.1. The Balaban J connectivity index is 1.63. The van der Waals surface area contributed by atoms with Gasteiger partial charge in [-0.05, 0) is 54.1 Å². The van der Waals surface area contributed by atoms with Crippen LogP contribution in [0.1, 0.15) is 27.1 Å². The first-order chi connectivity index (χ1) is 15.0. The highest BCUT2D eigenvalue weighted by molar-refractivity contribution is 8.00. The summed E-state index contributed by atoms with van der Waals surface area (Å²) < 4.78 is 21.2. The smallest absolute Gasteiger partial charge is 0.338 e. The number of benzene rings is 2. The molecule has 0 aromatic heterocycles. The number of hydrogen-bond acceptors (Lipinski definition) is 8. The van der Waals surface area contributed by atoms with Crippen LogP contribution >= 0.6 is 11.8 Å².